The first kappa shape index (κ1) is 18.7. The van der Waals surface area contributed by atoms with Crippen molar-refractivity contribution in [2.24, 2.45) is 17.3 Å². The number of hydrogen-bond acceptors (Lipinski definition) is 2. The van der Waals surface area contributed by atoms with E-state index in [0.717, 1.165) is 31.3 Å². The molecule has 0 aromatic heterocycles. The maximum Gasteiger partial charge on any atom is 0.139 e. The molecule has 132 valence electrons. The van der Waals surface area contributed by atoms with Gasteiger partial charge in [0, 0.05) is 25.0 Å². The Bertz CT molecular complexity index is 412. The van der Waals surface area contributed by atoms with Gasteiger partial charge >= 0.3 is 0 Å². The largest absolute Gasteiger partial charge is 0.362 e. The van der Waals surface area contributed by atoms with E-state index in [4.69, 9.17) is 4.74 Å². The molecule has 1 saturated carbocycles. The molecule has 0 amide bonds. The van der Waals surface area contributed by atoms with Gasteiger partial charge in [-0.1, -0.05) is 31.6 Å². The van der Waals surface area contributed by atoms with Crippen LogP contribution >= 0.6 is 0 Å². The zero-order valence-corrected chi connectivity index (χ0v) is 15.4. The predicted octanol–water partition coefficient (Wildman–Crippen LogP) is 4.29. The first-order valence-corrected chi connectivity index (χ1v) is 9.31. The minimum atomic E-state index is -0.872. The second-order valence-electron chi connectivity index (χ2n) is 8.59. The third-order valence-electron chi connectivity index (χ3n) is 5.05. The molecule has 3 heteroatoms. The molecule has 2 fully saturated rings. The predicted molar refractivity (Wildman–Crippen MR) is 94.0 cm³/mol. The fraction of sp³-hybridized carbons (Fsp3) is 0.900. The van der Waals surface area contributed by atoms with Gasteiger partial charge in [0.25, 0.3) is 0 Å². The standard InChI is InChI=1S/C20H34FNO/c1-16-6-8-17(9-7-16)14-22-12-10-19(18(21)15-22)23-13-5-11-20(2,3)4/h16-19H,6-10,12-15H2,1-4H3/t16?,17?,18-,19+/m1/s1. The smallest absolute Gasteiger partial charge is 0.139 e. The van der Waals surface area contributed by atoms with Crippen molar-refractivity contribution < 1.29 is 9.13 Å². The topological polar surface area (TPSA) is 12.5 Å². The number of alkyl halides is 1. The first-order chi connectivity index (χ1) is 10.8. The lowest BCUT2D eigenvalue weighted by Gasteiger charge is -2.37. The Labute approximate surface area is 142 Å². The zero-order chi connectivity index (χ0) is 16.9. The van der Waals surface area contributed by atoms with Crippen molar-refractivity contribution in [1.29, 1.82) is 0 Å². The van der Waals surface area contributed by atoms with Gasteiger partial charge in [0.1, 0.15) is 12.8 Å². The molecule has 0 bridgehead atoms. The number of likely N-dealkylation sites (tertiary alicyclic amines) is 1. The van der Waals surface area contributed by atoms with Gasteiger partial charge in [0.15, 0.2) is 0 Å². The van der Waals surface area contributed by atoms with Crippen molar-refractivity contribution in [3.05, 3.63) is 0 Å². The van der Waals surface area contributed by atoms with E-state index in [2.05, 4.69) is 44.4 Å². The number of piperidine rings is 1. The highest BCUT2D eigenvalue weighted by Gasteiger charge is 2.31. The van der Waals surface area contributed by atoms with E-state index in [-0.39, 0.29) is 11.5 Å². The Balaban J connectivity index is 1.69. The van der Waals surface area contributed by atoms with Gasteiger partial charge in [-0.3, -0.25) is 4.90 Å². The van der Waals surface area contributed by atoms with Crippen LogP contribution < -0.4 is 0 Å². The molecule has 2 aliphatic rings. The molecule has 0 aromatic rings. The quantitative estimate of drug-likeness (QED) is 0.716. The summed E-state index contributed by atoms with van der Waals surface area (Å²) in [5, 5.41) is 0. The average molecular weight is 323 g/mol. The molecule has 0 N–H and O–H groups in total. The normalized spacial score (nSPS) is 33.1. The number of ether oxygens (including phenoxy) is 1. The fourth-order valence-electron chi connectivity index (χ4n) is 3.63. The van der Waals surface area contributed by atoms with E-state index < -0.39 is 6.17 Å². The van der Waals surface area contributed by atoms with Gasteiger partial charge in [-0.05, 0) is 51.9 Å². The lowest BCUT2D eigenvalue weighted by atomic mass is 9.82. The average Bonchev–Trinajstić information content (AvgIpc) is 2.47. The number of rotatable bonds is 4. The molecule has 0 radical (unpaired) electrons. The van der Waals surface area contributed by atoms with E-state index in [9.17, 15) is 4.39 Å². The highest BCUT2D eigenvalue weighted by atomic mass is 19.1. The SMILES string of the molecule is CC1CCC(CN2CC[C@H](OCC#CC(C)(C)C)[C@H](F)C2)CC1. The summed E-state index contributed by atoms with van der Waals surface area (Å²) < 4.78 is 20.0. The zero-order valence-electron chi connectivity index (χ0n) is 15.4. The Hall–Kier alpha value is -0.590. The number of halogens is 1. The van der Waals surface area contributed by atoms with Crippen molar-refractivity contribution in [2.75, 3.05) is 26.2 Å². The van der Waals surface area contributed by atoms with E-state index >= 15 is 0 Å². The Morgan fingerprint density at radius 1 is 1.13 bits per heavy atom. The lowest BCUT2D eigenvalue weighted by molar-refractivity contribution is -0.0380. The summed E-state index contributed by atoms with van der Waals surface area (Å²) in [6.45, 7) is 11.5. The van der Waals surface area contributed by atoms with Crippen LogP contribution in [0.4, 0.5) is 4.39 Å². The summed E-state index contributed by atoms with van der Waals surface area (Å²) in [6, 6.07) is 0. The highest BCUT2D eigenvalue weighted by Crippen LogP contribution is 2.30. The fourth-order valence-corrected chi connectivity index (χ4v) is 3.63. The highest BCUT2D eigenvalue weighted by molar-refractivity contribution is 5.07. The molecule has 1 aliphatic carbocycles. The van der Waals surface area contributed by atoms with Crippen molar-refractivity contribution >= 4 is 0 Å². The van der Waals surface area contributed by atoms with Crippen LogP contribution in [-0.2, 0) is 4.74 Å². The van der Waals surface area contributed by atoms with Gasteiger partial charge < -0.3 is 4.74 Å². The Kier molecular flexibility index (Phi) is 6.92. The molecule has 0 spiro atoms. The lowest BCUT2D eigenvalue weighted by Crippen LogP contribution is -2.47. The van der Waals surface area contributed by atoms with E-state index in [1.807, 2.05) is 0 Å². The van der Waals surface area contributed by atoms with Gasteiger partial charge in [0.05, 0.1) is 6.10 Å². The Morgan fingerprint density at radius 3 is 2.43 bits per heavy atom. The molecule has 2 atom stereocenters. The molecule has 1 heterocycles. The minimum Gasteiger partial charge on any atom is -0.362 e. The summed E-state index contributed by atoms with van der Waals surface area (Å²) in [6.07, 6.45) is 4.97. The molecule has 23 heavy (non-hydrogen) atoms. The molecule has 2 rings (SSSR count). The van der Waals surface area contributed by atoms with Gasteiger partial charge in [-0.25, -0.2) is 4.39 Å². The summed E-state index contributed by atoms with van der Waals surface area (Å²) in [5.41, 5.74) is -0.0145. The van der Waals surface area contributed by atoms with Crippen LogP contribution in [0.15, 0.2) is 0 Å². The minimum absolute atomic E-state index is 0.0145. The van der Waals surface area contributed by atoms with E-state index in [1.54, 1.807) is 0 Å². The summed E-state index contributed by atoms with van der Waals surface area (Å²) >= 11 is 0. The van der Waals surface area contributed by atoms with Crippen molar-refractivity contribution in [3.63, 3.8) is 0 Å². The monoisotopic (exact) mass is 323 g/mol. The summed E-state index contributed by atoms with van der Waals surface area (Å²) in [4.78, 5) is 2.31. The Morgan fingerprint density at radius 2 is 1.83 bits per heavy atom. The molecule has 0 unspecified atom stereocenters. The van der Waals surface area contributed by atoms with Crippen LogP contribution in [0.1, 0.15) is 59.8 Å². The van der Waals surface area contributed by atoms with Crippen LogP contribution in [0.5, 0.6) is 0 Å². The number of hydrogen-bond donors (Lipinski definition) is 0. The van der Waals surface area contributed by atoms with Gasteiger partial charge in [-0.2, -0.15) is 0 Å². The second-order valence-corrected chi connectivity index (χ2v) is 8.59. The van der Waals surface area contributed by atoms with E-state index in [0.29, 0.717) is 13.2 Å². The first-order valence-electron chi connectivity index (χ1n) is 9.31. The van der Waals surface area contributed by atoms with Crippen molar-refractivity contribution in [2.45, 2.75) is 72.1 Å². The maximum absolute atomic E-state index is 14.4. The van der Waals surface area contributed by atoms with Crippen LogP contribution in [-0.4, -0.2) is 43.4 Å². The summed E-state index contributed by atoms with van der Waals surface area (Å²) in [5.74, 6) is 7.81. The number of nitrogens with zero attached hydrogens (tertiary/aromatic N) is 1. The van der Waals surface area contributed by atoms with E-state index in [1.165, 1.54) is 25.7 Å². The van der Waals surface area contributed by atoms with Crippen LogP contribution in [0.3, 0.4) is 0 Å². The van der Waals surface area contributed by atoms with Gasteiger partial charge in [0.2, 0.25) is 0 Å². The molecule has 1 aliphatic heterocycles. The molecular formula is C20H34FNO. The molecular weight excluding hydrogens is 289 g/mol. The van der Waals surface area contributed by atoms with Crippen molar-refractivity contribution in [1.82, 2.24) is 4.90 Å². The van der Waals surface area contributed by atoms with Gasteiger partial charge in [-0.15, -0.1) is 0 Å². The maximum atomic E-state index is 14.4. The molecule has 0 aromatic carbocycles. The van der Waals surface area contributed by atoms with Crippen LogP contribution in [0, 0.1) is 29.1 Å². The second kappa shape index (κ2) is 8.49. The van der Waals surface area contributed by atoms with Crippen LogP contribution in [0.2, 0.25) is 0 Å². The summed E-state index contributed by atoms with van der Waals surface area (Å²) in [7, 11) is 0. The van der Waals surface area contributed by atoms with Crippen molar-refractivity contribution in [3.8, 4) is 11.8 Å². The third kappa shape index (κ3) is 6.81. The molecule has 1 saturated heterocycles. The molecule has 2 nitrogen and oxygen atoms in total. The third-order valence-corrected chi connectivity index (χ3v) is 5.05. The van der Waals surface area contributed by atoms with Crippen LogP contribution in [0.25, 0.3) is 0 Å².